The number of fused-ring (bicyclic) bond motifs is 1. The molecule has 1 aromatic carbocycles. The topological polar surface area (TPSA) is 78.4 Å². The second-order valence-corrected chi connectivity index (χ2v) is 10.8. The van der Waals surface area contributed by atoms with Crippen LogP contribution >= 0.6 is 11.5 Å². The number of carbonyl (C=O) groups excluding carboxylic acids is 2. The van der Waals surface area contributed by atoms with Crippen molar-refractivity contribution in [3.05, 3.63) is 47.3 Å². The van der Waals surface area contributed by atoms with E-state index in [-0.39, 0.29) is 17.7 Å². The molecule has 4 heterocycles. The smallest absolute Gasteiger partial charge is 0.257 e. The number of benzene rings is 1. The van der Waals surface area contributed by atoms with Crippen molar-refractivity contribution in [3.63, 3.8) is 0 Å². The molecule has 184 valence electrons. The first-order chi connectivity index (χ1) is 16.9. The molecule has 2 fully saturated rings. The summed E-state index contributed by atoms with van der Waals surface area (Å²) < 4.78 is 4.53. The predicted octanol–water partition coefficient (Wildman–Crippen LogP) is 5.04. The molecule has 2 aliphatic rings. The number of carbonyl (C=O) groups is 2. The quantitative estimate of drug-likeness (QED) is 0.553. The third kappa shape index (κ3) is 4.89. The summed E-state index contributed by atoms with van der Waals surface area (Å²) in [7, 11) is 0. The van der Waals surface area contributed by atoms with E-state index in [1.807, 2.05) is 43.0 Å². The van der Waals surface area contributed by atoms with Gasteiger partial charge in [-0.1, -0.05) is 24.6 Å². The molecule has 8 heteroatoms. The number of nitrogens with one attached hydrogen (secondary N) is 1. The highest BCUT2D eigenvalue weighted by atomic mass is 32.1. The van der Waals surface area contributed by atoms with Gasteiger partial charge in [-0.15, -0.1) is 0 Å². The molecule has 7 nitrogen and oxygen atoms in total. The van der Waals surface area contributed by atoms with Gasteiger partial charge in [0.25, 0.3) is 5.91 Å². The number of hydrogen-bond donors (Lipinski definition) is 1. The molecule has 0 unspecified atom stereocenters. The van der Waals surface area contributed by atoms with Crippen LogP contribution in [0.4, 0.5) is 11.4 Å². The number of anilines is 2. The van der Waals surface area contributed by atoms with Crippen molar-refractivity contribution in [2.75, 3.05) is 36.4 Å². The first-order valence-electron chi connectivity index (χ1n) is 12.6. The van der Waals surface area contributed by atoms with Gasteiger partial charge in [0.2, 0.25) is 5.91 Å². The third-order valence-corrected chi connectivity index (χ3v) is 8.30. The molecule has 2 aliphatic heterocycles. The fourth-order valence-corrected chi connectivity index (χ4v) is 5.90. The summed E-state index contributed by atoms with van der Waals surface area (Å²) in [6.07, 6.45) is 5.31. The maximum Gasteiger partial charge on any atom is 0.257 e. The lowest BCUT2D eigenvalue weighted by Gasteiger charge is -2.36. The highest BCUT2D eigenvalue weighted by molar-refractivity contribution is 7.13. The van der Waals surface area contributed by atoms with Crippen molar-refractivity contribution in [3.8, 4) is 0 Å². The minimum Gasteiger partial charge on any atom is -0.370 e. The maximum atomic E-state index is 13.6. The number of hydrogen-bond acceptors (Lipinski definition) is 6. The van der Waals surface area contributed by atoms with Gasteiger partial charge in [0.05, 0.1) is 22.3 Å². The monoisotopic (exact) mass is 491 g/mol. The van der Waals surface area contributed by atoms with Gasteiger partial charge in [-0.2, -0.15) is 4.37 Å². The van der Waals surface area contributed by atoms with Crippen molar-refractivity contribution in [2.24, 2.45) is 11.8 Å². The minimum absolute atomic E-state index is 0.0469. The molecule has 0 bridgehead atoms. The van der Waals surface area contributed by atoms with Crippen LogP contribution < -0.4 is 10.2 Å². The first-order valence-corrected chi connectivity index (χ1v) is 13.3. The Morgan fingerprint density at radius 1 is 1.00 bits per heavy atom. The summed E-state index contributed by atoms with van der Waals surface area (Å²) in [6, 6.07) is 7.90. The molecule has 35 heavy (non-hydrogen) atoms. The predicted molar refractivity (Wildman–Crippen MR) is 141 cm³/mol. The highest BCUT2D eigenvalue weighted by Crippen LogP contribution is 2.37. The zero-order valence-electron chi connectivity index (χ0n) is 20.7. The van der Waals surface area contributed by atoms with Gasteiger partial charge in [-0.25, -0.2) is 4.98 Å². The Morgan fingerprint density at radius 2 is 1.69 bits per heavy atom. The molecule has 0 saturated carbocycles. The summed E-state index contributed by atoms with van der Waals surface area (Å²) in [5.41, 5.74) is 4.53. The number of aromatic nitrogens is 2. The van der Waals surface area contributed by atoms with E-state index in [1.54, 1.807) is 6.20 Å². The van der Waals surface area contributed by atoms with Gasteiger partial charge in [-0.05, 0) is 69.1 Å². The van der Waals surface area contributed by atoms with Crippen molar-refractivity contribution in [1.29, 1.82) is 0 Å². The van der Waals surface area contributed by atoms with Gasteiger partial charge in [0.15, 0.2) is 0 Å². The number of rotatable bonds is 4. The Labute approximate surface area is 210 Å². The molecule has 5 rings (SSSR count). The van der Waals surface area contributed by atoms with Crippen LogP contribution in [0.25, 0.3) is 10.2 Å². The molecule has 0 radical (unpaired) electrons. The molecule has 0 spiro atoms. The van der Waals surface area contributed by atoms with Crippen LogP contribution in [0.2, 0.25) is 0 Å². The maximum absolute atomic E-state index is 13.6. The summed E-state index contributed by atoms with van der Waals surface area (Å²) in [5, 5.41) is 4.05. The molecular weight excluding hydrogens is 458 g/mol. The lowest BCUT2D eigenvalue weighted by atomic mass is 9.94. The summed E-state index contributed by atoms with van der Waals surface area (Å²) in [4.78, 5) is 36.3. The lowest BCUT2D eigenvalue weighted by Crippen LogP contribution is -2.41. The van der Waals surface area contributed by atoms with E-state index in [1.165, 1.54) is 17.1 Å². The number of aryl methyl sites for hydroxylation is 2. The standard InChI is InChI=1S/C27H33N5O2S/c1-17-4-6-21(7-5-17)29-25(33)20-10-14-31(15-11-20)24-22(16-28-26-23(24)19(3)30-35-26)27(34)32-12-8-18(2)9-13-32/h4-7,16,18,20H,8-15H2,1-3H3,(H,29,33). The zero-order valence-corrected chi connectivity index (χ0v) is 21.5. The van der Waals surface area contributed by atoms with E-state index in [9.17, 15) is 9.59 Å². The molecule has 2 aromatic heterocycles. The average Bonchev–Trinajstić information content (AvgIpc) is 3.26. The van der Waals surface area contributed by atoms with Crippen LogP contribution in [-0.4, -0.2) is 52.3 Å². The van der Waals surface area contributed by atoms with Crippen LogP contribution in [0.3, 0.4) is 0 Å². The molecule has 3 aromatic rings. The van der Waals surface area contributed by atoms with E-state index in [4.69, 9.17) is 0 Å². The van der Waals surface area contributed by atoms with Gasteiger partial charge < -0.3 is 15.1 Å². The molecule has 0 atom stereocenters. The van der Waals surface area contributed by atoms with Crippen LogP contribution in [0.15, 0.2) is 30.5 Å². The number of piperidine rings is 2. The van der Waals surface area contributed by atoms with E-state index in [0.717, 1.165) is 79.1 Å². The first kappa shape index (κ1) is 23.7. The summed E-state index contributed by atoms with van der Waals surface area (Å²) >= 11 is 1.38. The Morgan fingerprint density at radius 3 is 2.37 bits per heavy atom. The molecule has 2 saturated heterocycles. The number of nitrogens with zero attached hydrogens (tertiary/aromatic N) is 4. The molecular formula is C27H33N5O2S. The summed E-state index contributed by atoms with van der Waals surface area (Å²) in [5.74, 6) is 0.744. The molecule has 0 aliphatic carbocycles. The van der Waals surface area contributed by atoms with E-state index in [2.05, 4.69) is 26.5 Å². The third-order valence-electron chi connectivity index (χ3n) is 7.45. The van der Waals surface area contributed by atoms with Gasteiger partial charge in [0.1, 0.15) is 4.83 Å². The average molecular weight is 492 g/mol. The molecule has 1 N–H and O–H groups in total. The van der Waals surface area contributed by atoms with E-state index >= 15 is 0 Å². The van der Waals surface area contributed by atoms with Gasteiger partial charge in [-0.3, -0.25) is 9.59 Å². The normalized spacial score (nSPS) is 17.7. The van der Waals surface area contributed by atoms with Gasteiger partial charge >= 0.3 is 0 Å². The SMILES string of the molecule is Cc1ccc(NC(=O)C2CCN(c3c(C(=O)N4CCC(C)CC4)cnc4snc(C)c34)CC2)cc1. The van der Waals surface area contributed by atoms with Crippen LogP contribution in [-0.2, 0) is 4.79 Å². The number of likely N-dealkylation sites (tertiary alicyclic amines) is 1. The van der Waals surface area contributed by atoms with Crippen LogP contribution in [0.1, 0.15) is 54.2 Å². The van der Waals surface area contributed by atoms with Crippen LogP contribution in [0, 0.1) is 25.7 Å². The van der Waals surface area contributed by atoms with Gasteiger partial charge in [0, 0.05) is 44.0 Å². The lowest BCUT2D eigenvalue weighted by molar-refractivity contribution is -0.120. The fraction of sp³-hybridized carbons (Fsp3) is 0.481. The Kier molecular flexibility index (Phi) is 6.73. The molecule has 2 amide bonds. The second kappa shape index (κ2) is 9.93. The summed E-state index contributed by atoms with van der Waals surface area (Å²) in [6.45, 7) is 9.30. The number of amides is 2. The van der Waals surface area contributed by atoms with Crippen molar-refractivity contribution >= 4 is 44.9 Å². The Hall–Kier alpha value is -3.00. The zero-order chi connectivity index (χ0) is 24.5. The minimum atomic E-state index is -0.0469. The fourth-order valence-electron chi connectivity index (χ4n) is 5.15. The highest BCUT2D eigenvalue weighted by Gasteiger charge is 2.31. The van der Waals surface area contributed by atoms with E-state index < -0.39 is 0 Å². The Bertz CT molecular complexity index is 1220. The largest absolute Gasteiger partial charge is 0.370 e. The Balaban J connectivity index is 1.36. The van der Waals surface area contributed by atoms with Crippen molar-refractivity contribution in [2.45, 2.75) is 46.5 Å². The number of pyridine rings is 1. The second-order valence-electron chi connectivity index (χ2n) is 10.1. The van der Waals surface area contributed by atoms with Crippen molar-refractivity contribution in [1.82, 2.24) is 14.3 Å². The van der Waals surface area contributed by atoms with Crippen LogP contribution in [0.5, 0.6) is 0 Å². The van der Waals surface area contributed by atoms with E-state index in [0.29, 0.717) is 11.5 Å². The van der Waals surface area contributed by atoms with Crippen molar-refractivity contribution < 1.29 is 9.59 Å².